The number of β-amino-alcohol motifs (C(OH)–C–C–N with tert-alkyl or cyclic N) is 1. The molecule has 1 aromatic rings. The van der Waals surface area contributed by atoms with Gasteiger partial charge in [0.1, 0.15) is 0 Å². The lowest BCUT2D eigenvalue weighted by atomic mass is 10.0. The van der Waals surface area contributed by atoms with E-state index in [1.807, 2.05) is 30.3 Å². The highest BCUT2D eigenvalue weighted by Crippen LogP contribution is 2.53. The van der Waals surface area contributed by atoms with Crippen molar-refractivity contribution in [1.29, 1.82) is 0 Å². The molecular weight excluding hydrogens is 202 g/mol. The molecular formula is C13H15NO2. The Hall–Kier alpha value is -1.35. The molecule has 1 amide bonds. The van der Waals surface area contributed by atoms with E-state index in [4.69, 9.17) is 0 Å². The standard InChI is InChI=1S/C13H15NO2/c15-11-9-14(12(16)13(11)6-7-13)8-10-4-2-1-3-5-10/h1-5,11,15H,6-9H2. The van der Waals surface area contributed by atoms with E-state index in [2.05, 4.69) is 0 Å². The lowest BCUT2D eigenvalue weighted by Gasteiger charge is -2.15. The first kappa shape index (κ1) is 9.85. The molecule has 0 aromatic heterocycles. The molecule has 0 bridgehead atoms. The number of aliphatic hydroxyl groups is 1. The van der Waals surface area contributed by atoms with Crippen LogP contribution in [0.15, 0.2) is 30.3 Å². The molecule has 84 valence electrons. The summed E-state index contributed by atoms with van der Waals surface area (Å²) in [6.45, 7) is 1.12. The van der Waals surface area contributed by atoms with Crippen molar-refractivity contribution < 1.29 is 9.90 Å². The number of likely N-dealkylation sites (tertiary alicyclic amines) is 1. The highest BCUT2D eigenvalue weighted by molar-refractivity contribution is 5.88. The molecule has 1 heterocycles. The average molecular weight is 217 g/mol. The second-order valence-electron chi connectivity index (χ2n) is 4.84. The van der Waals surface area contributed by atoms with Gasteiger partial charge in [0.25, 0.3) is 0 Å². The van der Waals surface area contributed by atoms with E-state index < -0.39 is 11.5 Å². The lowest BCUT2D eigenvalue weighted by Crippen LogP contribution is -2.27. The predicted octanol–water partition coefficient (Wildman–Crippen LogP) is 1.17. The van der Waals surface area contributed by atoms with Crippen molar-refractivity contribution in [2.45, 2.75) is 25.5 Å². The van der Waals surface area contributed by atoms with E-state index in [9.17, 15) is 9.90 Å². The number of aliphatic hydroxyl groups excluding tert-OH is 1. The number of hydrogen-bond acceptors (Lipinski definition) is 2. The second kappa shape index (κ2) is 3.32. The molecule has 1 aliphatic heterocycles. The molecule has 1 saturated heterocycles. The van der Waals surface area contributed by atoms with Gasteiger partial charge >= 0.3 is 0 Å². The van der Waals surface area contributed by atoms with Crippen molar-refractivity contribution in [3.8, 4) is 0 Å². The van der Waals surface area contributed by atoms with Crippen LogP contribution in [-0.4, -0.2) is 28.6 Å². The zero-order chi connectivity index (χ0) is 11.2. The summed E-state index contributed by atoms with van der Waals surface area (Å²) in [4.78, 5) is 13.9. The number of benzene rings is 1. The van der Waals surface area contributed by atoms with Crippen LogP contribution in [0.4, 0.5) is 0 Å². The number of hydrogen-bond donors (Lipinski definition) is 1. The largest absolute Gasteiger partial charge is 0.390 e. The number of carbonyl (C=O) groups is 1. The summed E-state index contributed by atoms with van der Waals surface area (Å²) in [6.07, 6.45) is 1.26. The average Bonchev–Trinajstić information content (AvgIpc) is 3.06. The quantitative estimate of drug-likeness (QED) is 0.807. The molecule has 0 radical (unpaired) electrons. The van der Waals surface area contributed by atoms with Gasteiger partial charge in [0.2, 0.25) is 5.91 Å². The third-order valence-corrected chi connectivity index (χ3v) is 3.75. The summed E-state index contributed by atoms with van der Waals surface area (Å²) < 4.78 is 0. The summed E-state index contributed by atoms with van der Waals surface area (Å²) in [5.74, 6) is 0.142. The summed E-state index contributed by atoms with van der Waals surface area (Å²) in [7, 11) is 0. The van der Waals surface area contributed by atoms with Gasteiger partial charge in [-0.2, -0.15) is 0 Å². The Labute approximate surface area is 94.7 Å². The summed E-state index contributed by atoms with van der Waals surface area (Å²) >= 11 is 0. The third kappa shape index (κ3) is 1.35. The first-order valence-corrected chi connectivity index (χ1v) is 5.74. The van der Waals surface area contributed by atoms with E-state index in [-0.39, 0.29) is 5.91 Å². The van der Waals surface area contributed by atoms with Crippen molar-refractivity contribution in [1.82, 2.24) is 4.90 Å². The fourth-order valence-electron chi connectivity index (χ4n) is 2.55. The minimum Gasteiger partial charge on any atom is -0.390 e. The molecule has 1 aliphatic carbocycles. The van der Waals surface area contributed by atoms with Crippen molar-refractivity contribution >= 4 is 5.91 Å². The van der Waals surface area contributed by atoms with Gasteiger partial charge in [-0.05, 0) is 18.4 Å². The fourth-order valence-corrected chi connectivity index (χ4v) is 2.55. The molecule has 1 aromatic carbocycles. The van der Waals surface area contributed by atoms with Crippen LogP contribution in [0, 0.1) is 5.41 Å². The van der Waals surface area contributed by atoms with Gasteiger partial charge in [-0.3, -0.25) is 4.79 Å². The van der Waals surface area contributed by atoms with E-state index in [0.717, 1.165) is 18.4 Å². The Morgan fingerprint density at radius 2 is 2.00 bits per heavy atom. The summed E-state index contributed by atoms with van der Waals surface area (Å²) in [5, 5.41) is 9.88. The topological polar surface area (TPSA) is 40.5 Å². The molecule has 16 heavy (non-hydrogen) atoms. The SMILES string of the molecule is O=C1N(Cc2ccccc2)CC(O)C12CC2. The first-order valence-electron chi connectivity index (χ1n) is 5.74. The predicted molar refractivity (Wildman–Crippen MR) is 59.5 cm³/mol. The highest BCUT2D eigenvalue weighted by atomic mass is 16.3. The van der Waals surface area contributed by atoms with Gasteiger partial charge < -0.3 is 10.0 Å². The van der Waals surface area contributed by atoms with Crippen molar-refractivity contribution in [2.75, 3.05) is 6.54 Å². The smallest absolute Gasteiger partial charge is 0.231 e. The van der Waals surface area contributed by atoms with E-state index >= 15 is 0 Å². The molecule has 1 N–H and O–H groups in total. The maximum atomic E-state index is 12.1. The van der Waals surface area contributed by atoms with Gasteiger partial charge in [-0.1, -0.05) is 30.3 Å². The normalized spacial score (nSPS) is 26.4. The Morgan fingerprint density at radius 3 is 2.56 bits per heavy atom. The number of rotatable bonds is 2. The fraction of sp³-hybridized carbons (Fsp3) is 0.462. The highest BCUT2D eigenvalue weighted by Gasteiger charge is 2.61. The van der Waals surface area contributed by atoms with Crippen molar-refractivity contribution in [3.63, 3.8) is 0 Å². The minimum absolute atomic E-state index is 0.142. The van der Waals surface area contributed by atoms with Gasteiger partial charge in [0.05, 0.1) is 11.5 Å². The number of amides is 1. The zero-order valence-corrected chi connectivity index (χ0v) is 9.10. The molecule has 1 saturated carbocycles. The molecule has 2 aliphatic rings. The minimum atomic E-state index is -0.455. The molecule has 3 heteroatoms. The monoisotopic (exact) mass is 217 g/mol. The Morgan fingerprint density at radius 1 is 1.31 bits per heavy atom. The van der Waals surface area contributed by atoms with Crippen LogP contribution < -0.4 is 0 Å². The third-order valence-electron chi connectivity index (χ3n) is 3.75. The Kier molecular flexibility index (Phi) is 2.04. The Bertz CT molecular complexity index is 411. The van der Waals surface area contributed by atoms with E-state index in [0.29, 0.717) is 13.1 Å². The van der Waals surface area contributed by atoms with Crippen LogP contribution >= 0.6 is 0 Å². The van der Waals surface area contributed by atoms with Crippen molar-refractivity contribution in [3.05, 3.63) is 35.9 Å². The molecule has 1 unspecified atom stereocenters. The van der Waals surface area contributed by atoms with Crippen LogP contribution in [0.3, 0.4) is 0 Å². The van der Waals surface area contributed by atoms with Crippen LogP contribution in [0.25, 0.3) is 0 Å². The lowest BCUT2D eigenvalue weighted by molar-refractivity contribution is -0.133. The molecule has 3 nitrogen and oxygen atoms in total. The number of nitrogens with zero attached hydrogens (tertiary/aromatic N) is 1. The van der Waals surface area contributed by atoms with E-state index in [1.54, 1.807) is 4.90 Å². The summed E-state index contributed by atoms with van der Waals surface area (Å²) in [6, 6.07) is 9.93. The van der Waals surface area contributed by atoms with Crippen LogP contribution in [0.5, 0.6) is 0 Å². The summed E-state index contributed by atoms with van der Waals surface area (Å²) in [5.41, 5.74) is 0.732. The van der Waals surface area contributed by atoms with Gasteiger partial charge in [-0.15, -0.1) is 0 Å². The maximum Gasteiger partial charge on any atom is 0.231 e. The second-order valence-corrected chi connectivity index (χ2v) is 4.84. The maximum absolute atomic E-state index is 12.1. The zero-order valence-electron chi connectivity index (χ0n) is 9.10. The van der Waals surface area contributed by atoms with Crippen LogP contribution in [0.2, 0.25) is 0 Å². The van der Waals surface area contributed by atoms with Gasteiger partial charge in [-0.25, -0.2) is 0 Å². The van der Waals surface area contributed by atoms with Gasteiger partial charge in [0.15, 0.2) is 0 Å². The Balaban J connectivity index is 1.76. The molecule has 2 fully saturated rings. The van der Waals surface area contributed by atoms with Crippen LogP contribution in [0.1, 0.15) is 18.4 Å². The first-order chi connectivity index (χ1) is 7.72. The van der Waals surface area contributed by atoms with Crippen molar-refractivity contribution in [2.24, 2.45) is 5.41 Å². The molecule has 1 atom stereocenters. The van der Waals surface area contributed by atoms with E-state index in [1.165, 1.54) is 0 Å². The van der Waals surface area contributed by atoms with Gasteiger partial charge in [0, 0.05) is 13.1 Å². The molecule has 3 rings (SSSR count). The van der Waals surface area contributed by atoms with Crippen LogP contribution in [-0.2, 0) is 11.3 Å². The number of carbonyl (C=O) groups excluding carboxylic acids is 1. The molecule has 1 spiro atoms.